The summed E-state index contributed by atoms with van der Waals surface area (Å²) in [4.78, 5) is 10.4. The average Bonchev–Trinajstić information content (AvgIpc) is 2.39. The number of halogens is 2. The fraction of sp³-hybridized carbons (Fsp3) is 0.133. The Morgan fingerprint density at radius 2 is 1.84 bits per heavy atom. The van der Waals surface area contributed by atoms with Crippen LogP contribution < -0.4 is 4.74 Å². The molecule has 0 bridgehead atoms. The van der Waals surface area contributed by atoms with Gasteiger partial charge >= 0.3 is 6.04 Å². The van der Waals surface area contributed by atoms with Crippen LogP contribution in [0.2, 0.25) is 0 Å². The molecule has 0 saturated carbocycles. The fourth-order valence-electron chi connectivity index (χ4n) is 1.59. The van der Waals surface area contributed by atoms with Crippen LogP contribution in [0.1, 0.15) is 21.5 Å². The minimum atomic E-state index is -1.66. The summed E-state index contributed by atoms with van der Waals surface area (Å²) in [5.41, 5.74) is 1.71. The van der Waals surface area contributed by atoms with Crippen LogP contribution in [-0.4, -0.2) is 6.04 Å². The number of ether oxygens (including phenoxy) is 1. The highest BCUT2D eigenvalue weighted by atomic mass is 19.1. The van der Waals surface area contributed by atoms with Gasteiger partial charge in [-0.1, -0.05) is 29.8 Å². The van der Waals surface area contributed by atoms with Gasteiger partial charge in [0.1, 0.15) is 6.61 Å². The number of carbonyl (C=O) groups is 1. The molecule has 4 heteroatoms. The van der Waals surface area contributed by atoms with E-state index in [1.165, 1.54) is 12.1 Å². The van der Waals surface area contributed by atoms with Crippen LogP contribution in [0.3, 0.4) is 0 Å². The highest BCUT2D eigenvalue weighted by Gasteiger charge is 2.09. The van der Waals surface area contributed by atoms with E-state index in [0.717, 1.165) is 17.2 Å². The molecule has 0 saturated heterocycles. The Labute approximate surface area is 109 Å². The van der Waals surface area contributed by atoms with E-state index in [1.807, 2.05) is 31.2 Å². The maximum absolute atomic E-state index is 13.5. The third kappa shape index (κ3) is 3.37. The molecule has 0 radical (unpaired) electrons. The number of benzene rings is 2. The molecule has 98 valence electrons. The Bertz CT molecular complexity index is 592. The van der Waals surface area contributed by atoms with Crippen molar-refractivity contribution >= 4 is 6.04 Å². The molecular formula is C15H12F2O2. The Morgan fingerprint density at radius 3 is 2.42 bits per heavy atom. The zero-order valence-corrected chi connectivity index (χ0v) is 10.3. The SMILES string of the molecule is Cc1ccc(COc2ccc(C(=O)F)cc2F)cc1. The van der Waals surface area contributed by atoms with E-state index in [9.17, 15) is 13.6 Å². The van der Waals surface area contributed by atoms with Crippen molar-refractivity contribution in [3.63, 3.8) is 0 Å². The smallest absolute Gasteiger partial charge is 0.332 e. The molecule has 0 unspecified atom stereocenters. The summed E-state index contributed by atoms with van der Waals surface area (Å²) in [5.74, 6) is -0.763. The molecule has 0 aliphatic carbocycles. The van der Waals surface area contributed by atoms with Crippen LogP contribution in [0.15, 0.2) is 42.5 Å². The van der Waals surface area contributed by atoms with E-state index in [-0.39, 0.29) is 17.9 Å². The first-order chi connectivity index (χ1) is 9.06. The van der Waals surface area contributed by atoms with Crippen LogP contribution in [0.25, 0.3) is 0 Å². The summed E-state index contributed by atoms with van der Waals surface area (Å²) in [5, 5.41) is 0. The molecular weight excluding hydrogens is 250 g/mol. The number of hydrogen-bond acceptors (Lipinski definition) is 2. The van der Waals surface area contributed by atoms with E-state index in [1.54, 1.807) is 0 Å². The molecule has 2 aromatic carbocycles. The maximum atomic E-state index is 13.5. The maximum Gasteiger partial charge on any atom is 0.332 e. The van der Waals surface area contributed by atoms with Crippen molar-refractivity contribution in [1.29, 1.82) is 0 Å². The van der Waals surface area contributed by atoms with Crippen LogP contribution in [0, 0.1) is 12.7 Å². The van der Waals surface area contributed by atoms with Crippen molar-refractivity contribution in [2.75, 3.05) is 0 Å². The lowest BCUT2D eigenvalue weighted by atomic mass is 10.2. The second kappa shape index (κ2) is 5.61. The second-order valence-electron chi connectivity index (χ2n) is 4.19. The number of hydrogen-bond donors (Lipinski definition) is 0. The lowest BCUT2D eigenvalue weighted by Gasteiger charge is -2.08. The Balaban J connectivity index is 2.07. The minimum absolute atomic E-state index is 0.00873. The van der Waals surface area contributed by atoms with Crippen LogP contribution in [0.5, 0.6) is 5.75 Å². The highest BCUT2D eigenvalue weighted by molar-refractivity contribution is 5.88. The van der Waals surface area contributed by atoms with Gasteiger partial charge in [-0.05, 0) is 30.7 Å². The Kier molecular flexibility index (Phi) is 3.90. The first-order valence-corrected chi connectivity index (χ1v) is 5.74. The Hall–Kier alpha value is -2.23. The van der Waals surface area contributed by atoms with Gasteiger partial charge in [0, 0.05) is 0 Å². The summed E-state index contributed by atoms with van der Waals surface area (Å²) in [6.07, 6.45) is 0. The van der Waals surface area contributed by atoms with E-state index in [0.29, 0.717) is 0 Å². The fourth-order valence-corrected chi connectivity index (χ4v) is 1.59. The molecule has 0 aromatic heterocycles. The van der Waals surface area contributed by atoms with Crippen molar-refractivity contribution in [3.05, 3.63) is 65.0 Å². The van der Waals surface area contributed by atoms with E-state index in [4.69, 9.17) is 4.74 Å². The van der Waals surface area contributed by atoms with E-state index in [2.05, 4.69) is 0 Å². The van der Waals surface area contributed by atoms with Crippen molar-refractivity contribution in [2.24, 2.45) is 0 Å². The summed E-state index contributed by atoms with van der Waals surface area (Å²) in [6.45, 7) is 2.18. The van der Waals surface area contributed by atoms with E-state index < -0.39 is 11.9 Å². The van der Waals surface area contributed by atoms with Gasteiger partial charge in [-0.15, -0.1) is 0 Å². The topological polar surface area (TPSA) is 26.3 Å². The van der Waals surface area contributed by atoms with Crippen LogP contribution in [0.4, 0.5) is 8.78 Å². The van der Waals surface area contributed by atoms with Gasteiger partial charge in [0.25, 0.3) is 0 Å². The second-order valence-corrected chi connectivity index (χ2v) is 4.19. The van der Waals surface area contributed by atoms with E-state index >= 15 is 0 Å². The largest absolute Gasteiger partial charge is 0.486 e. The van der Waals surface area contributed by atoms with Gasteiger partial charge in [0.15, 0.2) is 11.6 Å². The van der Waals surface area contributed by atoms with Crippen LogP contribution >= 0.6 is 0 Å². The third-order valence-electron chi connectivity index (χ3n) is 2.67. The lowest BCUT2D eigenvalue weighted by molar-refractivity contribution is 0.0835. The van der Waals surface area contributed by atoms with Gasteiger partial charge < -0.3 is 4.74 Å². The van der Waals surface area contributed by atoms with Gasteiger partial charge in [-0.25, -0.2) is 4.39 Å². The minimum Gasteiger partial charge on any atom is -0.486 e. The third-order valence-corrected chi connectivity index (χ3v) is 2.67. The Morgan fingerprint density at radius 1 is 1.16 bits per heavy atom. The van der Waals surface area contributed by atoms with Gasteiger partial charge in [0.2, 0.25) is 0 Å². The molecule has 0 aliphatic heterocycles. The van der Waals surface area contributed by atoms with Crippen LogP contribution in [-0.2, 0) is 6.61 Å². The number of aryl methyl sites for hydroxylation is 1. The predicted octanol–water partition coefficient (Wildman–Crippen LogP) is 3.82. The molecule has 2 nitrogen and oxygen atoms in total. The van der Waals surface area contributed by atoms with Crippen molar-refractivity contribution < 1.29 is 18.3 Å². The lowest BCUT2D eigenvalue weighted by Crippen LogP contribution is -1.99. The van der Waals surface area contributed by atoms with Crippen molar-refractivity contribution in [2.45, 2.75) is 13.5 Å². The van der Waals surface area contributed by atoms with Gasteiger partial charge in [-0.2, -0.15) is 4.39 Å². The number of rotatable bonds is 4. The molecule has 0 N–H and O–H groups in total. The molecule has 2 aromatic rings. The van der Waals surface area contributed by atoms with Gasteiger partial charge in [-0.3, -0.25) is 4.79 Å². The molecule has 0 atom stereocenters. The molecule has 19 heavy (non-hydrogen) atoms. The summed E-state index contributed by atoms with van der Waals surface area (Å²) >= 11 is 0. The molecule has 0 heterocycles. The van der Waals surface area contributed by atoms with Crippen molar-refractivity contribution in [3.8, 4) is 5.75 Å². The summed E-state index contributed by atoms with van der Waals surface area (Å²) in [6, 6.07) is 9.22. The molecule has 0 aliphatic rings. The first kappa shape index (κ1) is 13.2. The van der Waals surface area contributed by atoms with Gasteiger partial charge in [0.05, 0.1) is 5.56 Å². The number of carbonyl (C=O) groups excluding carboxylic acids is 1. The molecule has 0 amide bonds. The predicted molar refractivity (Wildman–Crippen MR) is 67.3 cm³/mol. The molecule has 2 rings (SSSR count). The highest BCUT2D eigenvalue weighted by Crippen LogP contribution is 2.20. The average molecular weight is 262 g/mol. The standard InChI is InChI=1S/C15H12F2O2/c1-10-2-4-11(5-3-10)9-19-14-7-6-12(15(17)18)8-13(14)16/h2-8H,9H2,1H3. The zero-order valence-electron chi connectivity index (χ0n) is 10.3. The molecule has 0 spiro atoms. The normalized spacial score (nSPS) is 10.3. The first-order valence-electron chi connectivity index (χ1n) is 5.74. The van der Waals surface area contributed by atoms with Crippen molar-refractivity contribution in [1.82, 2.24) is 0 Å². The summed E-state index contributed by atoms with van der Waals surface area (Å²) < 4.78 is 31.2. The quantitative estimate of drug-likeness (QED) is 0.783. The zero-order chi connectivity index (χ0) is 13.8. The summed E-state index contributed by atoms with van der Waals surface area (Å²) in [7, 11) is 0. The monoisotopic (exact) mass is 262 g/mol. The molecule has 0 fully saturated rings.